The van der Waals surface area contributed by atoms with Crippen LogP contribution in [-0.4, -0.2) is 40.6 Å². The van der Waals surface area contributed by atoms with E-state index in [0.29, 0.717) is 6.04 Å². The monoisotopic (exact) mass is 567 g/mol. The number of nitrogens with zero attached hydrogens (tertiary/aromatic N) is 3. The minimum atomic E-state index is -0.265. The second kappa shape index (κ2) is 10.9. The van der Waals surface area contributed by atoms with E-state index in [4.69, 9.17) is 4.74 Å². The van der Waals surface area contributed by atoms with Crippen molar-refractivity contribution in [3.8, 4) is 16.9 Å². The standard InChI is InChI=1S/C36H45N3O3/c1-25-20-29(8-13-33(25)42-2)36-17-14-35(15-18-36,16-19-36)24-38(34(41)26-6-11-32(40)12-7-26)31-5-3-4-27(21-31)28-22-37-39(23-28)30-9-10-30/h3-5,8,13,20-23,26,30,32,40H,6-7,9-12,14-19,24H2,1-2H3/t26-,32-,35?,36?. The third kappa shape index (κ3) is 5.16. The molecule has 3 aromatic rings. The van der Waals surface area contributed by atoms with Crippen LogP contribution in [0.25, 0.3) is 11.1 Å². The van der Waals surface area contributed by atoms with E-state index in [-0.39, 0.29) is 28.8 Å². The van der Waals surface area contributed by atoms with Crippen LogP contribution < -0.4 is 9.64 Å². The first-order chi connectivity index (χ1) is 20.4. The number of aliphatic hydroxyl groups excluding tert-OH is 1. The summed E-state index contributed by atoms with van der Waals surface area (Å²) < 4.78 is 7.63. The zero-order valence-electron chi connectivity index (χ0n) is 25.2. The lowest BCUT2D eigenvalue weighted by Crippen LogP contribution is -2.51. The predicted octanol–water partition coefficient (Wildman–Crippen LogP) is 7.38. The van der Waals surface area contributed by atoms with Gasteiger partial charge in [0.1, 0.15) is 5.75 Å². The Kier molecular flexibility index (Phi) is 7.16. The lowest BCUT2D eigenvalue weighted by Gasteiger charge is -2.55. The summed E-state index contributed by atoms with van der Waals surface area (Å²) >= 11 is 0. The summed E-state index contributed by atoms with van der Waals surface area (Å²) in [5, 5.41) is 14.8. The fourth-order valence-corrected chi connectivity index (χ4v) is 8.20. The maximum Gasteiger partial charge on any atom is 0.230 e. The van der Waals surface area contributed by atoms with Crippen LogP contribution in [0.3, 0.4) is 0 Å². The van der Waals surface area contributed by atoms with E-state index in [2.05, 4.69) is 70.3 Å². The number of aromatic nitrogens is 2. The van der Waals surface area contributed by atoms with E-state index in [1.807, 2.05) is 6.20 Å². The molecule has 1 amide bonds. The number of hydrogen-bond acceptors (Lipinski definition) is 4. The highest BCUT2D eigenvalue weighted by Gasteiger charge is 2.50. The lowest BCUT2D eigenvalue weighted by atomic mass is 9.51. The van der Waals surface area contributed by atoms with E-state index in [1.54, 1.807) is 7.11 Å². The molecular weight excluding hydrogens is 522 g/mol. The molecule has 0 spiro atoms. The number of aliphatic hydroxyl groups is 1. The summed E-state index contributed by atoms with van der Waals surface area (Å²) in [4.78, 5) is 16.4. The summed E-state index contributed by atoms with van der Waals surface area (Å²) in [7, 11) is 1.75. The Balaban J connectivity index is 1.15. The van der Waals surface area contributed by atoms with Gasteiger partial charge in [-0.1, -0.05) is 24.3 Å². The van der Waals surface area contributed by atoms with Gasteiger partial charge in [0, 0.05) is 29.9 Å². The highest BCUT2D eigenvalue weighted by molar-refractivity contribution is 5.96. The van der Waals surface area contributed by atoms with E-state index < -0.39 is 0 Å². The molecule has 2 bridgehead atoms. The molecule has 1 N–H and O–H groups in total. The summed E-state index contributed by atoms with van der Waals surface area (Å²) in [6.45, 7) is 2.93. The fraction of sp³-hybridized carbons (Fsp3) is 0.556. The number of benzene rings is 2. The minimum Gasteiger partial charge on any atom is -0.496 e. The number of anilines is 1. The first-order valence-electron chi connectivity index (χ1n) is 16.2. The van der Waals surface area contributed by atoms with Gasteiger partial charge in [0.05, 0.1) is 25.5 Å². The summed E-state index contributed by atoms with van der Waals surface area (Å²) in [5.74, 6) is 1.19. The van der Waals surface area contributed by atoms with Crippen molar-refractivity contribution < 1.29 is 14.6 Å². The molecule has 0 saturated heterocycles. The van der Waals surface area contributed by atoms with Gasteiger partial charge < -0.3 is 14.7 Å². The van der Waals surface area contributed by atoms with E-state index in [1.165, 1.54) is 43.2 Å². The first kappa shape index (κ1) is 27.7. The molecule has 5 aliphatic carbocycles. The third-order valence-corrected chi connectivity index (χ3v) is 11.2. The third-order valence-electron chi connectivity index (χ3n) is 11.2. The van der Waals surface area contributed by atoms with Crippen LogP contribution in [0, 0.1) is 18.3 Å². The second-order valence-corrected chi connectivity index (χ2v) is 13.9. The van der Waals surface area contributed by atoms with E-state index in [0.717, 1.165) is 74.1 Å². The molecule has 0 unspecified atom stereocenters. The molecule has 5 aliphatic rings. The van der Waals surface area contributed by atoms with Crippen LogP contribution in [0.4, 0.5) is 5.69 Å². The molecule has 1 aromatic heterocycles. The molecular formula is C36H45N3O3. The van der Waals surface area contributed by atoms with Gasteiger partial charge in [-0.15, -0.1) is 0 Å². The molecule has 1 heterocycles. The SMILES string of the molecule is COc1ccc(C23CCC(CN(c4cccc(-c5cnn(C6CC6)c5)c4)C(=O)[C@H]4CC[C@H](O)CC4)(CC2)CC3)cc1C. The number of methoxy groups -OCH3 is 1. The van der Waals surface area contributed by atoms with Crippen molar-refractivity contribution >= 4 is 11.6 Å². The molecule has 2 aromatic carbocycles. The van der Waals surface area contributed by atoms with Crippen molar-refractivity contribution in [3.63, 3.8) is 0 Å². The molecule has 8 rings (SSSR count). The number of carbonyl (C=O) groups is 1. The molecule has 0 radical (unpaired) electrons. The quantitative estimate of drug-likeness (QED) is 0.308. The van der Waals surface area contributed by atoms with Crippen LogP contribution in [0.1, 0.15) is 94.2 Å². The van der Waals surface area contributed by atoms with Crippen molar-refractivity contribution in [1.82, 2.24) is 9.78 Å². The Hall–Kier alpha value is -3.12. The van der Waals surface area contributed by atoms with Gasteiger partial charge in [-0.3, -0.25) is 9.48 Å². The van der Waals surface area contributed by atoms with Gasteiger partial charge >= 0.3 is 0 Å². The topological polar surface area (TPSA) is 67.6 Å². The molecule has 0 aliphatic heterocycles. The van der Waals surface area contributed by atoms with Crippen LogP contribution in [-0.2, 0) is 10.2 Å². The van der Waals surface area contributed by atoms with Gasteiger partial charge in [-0.25, -0.2) is 0 Å². The zero-order chi connectivity index (χ0) is 28.9. The van der Waals surface area contributed by atoms with Crippen LogP contribution in [0.5, 0.6) is 5.75 Å². The molecule has 6 nitrogen and oxygen atoms in total. The summed E-state index contributed by atoms with van der Waals surface area (Å²) in [6.07, 6.45) is 16.3. The highest BCUT2D eigenvalue weighted by Crippen LogP contribution is 2.58. The molecule has 6 heteroatoms. The Labute approximate surface area is 250 Å². The summed E-state index contributed by atoms with van der Waals surface area (Å²) in [5.41, 5.74) is 6.31. The molecule has 5 saturated carbocycles. The number of carbonyl (C=O) groups excluding carboxylic acids is 1. The predicted molar refractivity (Wildman–Crippen MR) is 166 cm³/mol. The molecule has 5 fully saturated rings. The number of fused-ring (bicyclic) bond motifs is 3. The fourth-order valence-electron chi connectivity index (χ4n) is 8.20. The number of hydrogen-bond donors (Lipinski definition) is 1. The van der Waals surface area contributed by atoms with Crippen molar-refractivity contribution in [3.05, 3.63) is 66.0 Å². The Morgan fingerprint density at radius 1 is 0.976 bits per heavy atom. The maximum absolute atomic E-state index is 14.3. The van der Waals surface area contributed by atoms with Gasteiger partial charge in [0.25, 0.3) is 0 Å². The zero-order valence-corrected chi connectivity index (χ0v) is 25.2. The number of ether oxygens (including phenoxy) is 1. The minimum absolute atomic E-state index is 0.0142. The Morgan fingerprint density at radius 3 is 2.38 bits per heavy atom. The van der Waals surface area contributed by atoms with Gasteiger partial charge in [0.15, 0.2) is 0 Å². The van der Waals surface area contributed by atoms with Crippen molar-refractivity contribution in [2.24, 2.45) is 11.3 Å². The number of amides is 1. The molecule has 42 heavy (non-hydrogen) atoms. The van der Waals surface area contributed by atoms with Gasteiger partial charge in [-0.2, -0.15) is 5.10 Å². The van der Waals surface area contributed by atoms with E-state index >= 15 is 0 Å². The van der Waals surface area contributed by atoms with Crippen LogP contribution >= 0.6 is 0 Å². The largest absolute Gasteiger partial charge is 0.496 e. The average Bonchev–Trinajstić information content (AvgIpc) is 3.76. The van der Waals surface area contributed by atoms with Crippen LogP contribution in [0.15, 0.2) is 54.9 Å². The van der Waals surface area contributed by atoms with Gasteiger partial charge in [0.2, 0.25) is 5.91 Å². The molecule has 222 valence electrons. The Morgan fingerprint density at radius 2 is 1.71 bits per heavy atom. The van der Waals surface area contributed by atoms with Gasteiger partial charge in [-0.05, 0) is 130 Å². The normalized spacial score (nSPS) is 28.9. The number of aryl methyl sites for hydroxylation is 1. The smallest absolute Gasteiger partial charge is 0.230 e. The van der Waals surface area contributed by atoms with Crippen molar-refractivity contribution in [2.75, 3.05) is 18.6 Å². The van der Waals surface area contributed by atoms with E-state index in [9.17, 15) is 9.90 Å². The van der Waals surface area contributed by atoms with Crippen LogP contribution in [0.2, 0.25) is 0 Å². The number of rotatable bonds is 8. The Bertz CT molecular complexity index is 1420. The second-order valence-electron chi connectivity index (χ2n) is 13.9. The molecule has 0 atom stereocenters. The lowest BCUT2D eigenvalue weighted by molar-refractivity contribution is -0.124. The van der Waals surface area contributed by atoms with Crippen molar-refractivity contribution in [1.29, 1.82) is 0 Å². The average molecular weight is 568 g/mol. The highest BCUT2D eigenvalue weighted by atomic mass is 16.5. The first-order valence-corrected chi connectivity index (χ1v) is 16.2. The maximum atomic E-state index is 14.3. The summed E-state index contributed by atoms with van der Waals surface area (Å²) in [6, 6.07) is 15.9. The van der Waals surface area contributed by atoms with Crippen molar-refractivity contribution in [2.45, 2.75) is 102 Å².